The van der Waals surface area contributed by atoms with Gasteiger partial charge in [0.1, 0.15) is 6.61 Å². The molecule has 1 N–H and O–H groups in total. The number of hydrogen-bond acceptors (Lipinski definition) is 7. The highest BCUT2D eigenvalue weighted by atomic mass is 32.2. The number of nitrogens with one attached hydrogen (secondary N) is 1. The number of aromatic nitrogens is 1. The maximum absolute atomic E-state index is 12.5. The van der Waals surface area contributed by atoms with Crippen LogP contribution in [0.4, 0.5) is 0 Å². The predicted molar refractivity (Wildman–Crippen MR) is 116 cm³/mol. The van der Waals surface area contributed by atoms with Crippen molar-refractivity contribution in [3.05, 3.63) is 87.0 Å². The molecule has 10 heteroatoms. The van der Waals surface area contributed by atoms with Crippen LogP contribution < -0.4 is 10.5 Å². The van der Waals surface area contributed by atoms with E-state index in [1.807, 2.05) is 17.5 Å². The molecule has 8 nitrogen and oxygen atoms in total. The summed E-state index contributed by atoms with van der Waals surface area (Å²) in [6.45, 7) is 0.208. The second-order valence-corrected chi connectivity index (χ2v) is 9.35. The maximum Gasteiger partial charge on any atom is 0.420 e. The van der Waals surface area contributed by atoms with Gasteiger partial charge in [-0.3, -0.25) is 4.57 Å². The molecule has 0 spiro atoms. The molecule has 160 valence electrons. The molecule has 0 bridgehead atoms. The van der Waals surface area contributed by atoms with Crippen LogP contribution >= 0.6 is 11.3 Å². The lowest BCUT2D eigenvalue weighted by Gasteiger charge is -2.08. The molecule has 2 aromatic carbocycles. The number of thiophene rings is 1. The van der Waals surface area contributed by atoms with E-state index >= 15 is 0 Å². The lowest BCUT2D eigenvalue weighted by Crippen LogP contribution is -2.23. The maximum atomic E-state index is 12.5. The summed E-state index contributed by atoms with van der Waals surface area (Å²) in [7, 11) is -3.79. The van der Waals surface area contributed by atoms with Gasteiger partial charge in [0.05, 0.1) is 22.5 Å². The summed E-state index contributed by atoms with van der Waals surface area (Å²) in [5.74, 6) is -1.22. The van der Waals surface area contributed by atoms with E-state index in [2.05, 4.69) is 4.72 Å². The van der Waals surface area contributed by atoms with Crippen LogP contribution in [0.25, 0.3) is 11.1 Å². The third-order valence-corrected chi connectivity index (χ3v) is 6.79. The fraction of sp³-hybridized carbons (Fsp3) is 0.143. The minimum absolute atomic E-state index is 0.0319. The zero-order valence-corrected chi connectivity index (χ0v) is 17.8. The molecular weight excluding hydrogens is 440 g/mol. The summed E-state index contributed by atoms with van der Waals surface area (Å²) in [4.78, 5) is 25.2. The van der Waals surface area contributed by atoms with E-state index in [-0.39, 0.29) is 30.2 Å². The molecular formula is C21H18N2O6S2. The van der Waals surface area contributed by atoms with Crippen molar-refractivity contribution in [1.29, 1.82) is 0 Å². The van der Waals surface area contributed by atoms with Crippen LogP contribution in [0.15, 0.2) is 80.2 Å². The largest absolute Gasteiger partial charge is 0.460 e. The van der Waals surface area contributed by atoms with Gasteiger partial charge < -0.3 is 9.15 Å². The van der Waals surface area contributed by atoms with Crippen molar-refractivity contribution in [2.75, 3.05) is 6.61 Å². The normalized spacial score (nSPS) is 11.6. The Morgan fingerprint density at radius 1 is 1.10 bits per heavy atom. The van der Waals surface area contributed by atoms with Crippen molar-refractivity contribution in [2.24, 2.45) is 0 Å². The Balaban J connectivity index is 1.41. The predicted octanol–water partition coefficient (Wildman–Crippen LogP) is 2.99. The molecule has 0 aliphatic rings. The van der Waals surface area contributed by atoms with Gasteiger partial charge in [-0.25, -0.2) is 22.7 Å². The van der Waals surface area contributed by atoms with Crippen molar-refractivity contribution in [3.8, 4) is 0 Å². The van der Waals surface area contributed by atoms with Crippen LogP contribution in [0.2, 0.25) is 0 Å². The van der Waals surface area contributed by atoms with Gasteiger partial charge in [-0.05, 0) is 41.8 Å². The fourth-order valence-corrected chi connectivity index (χ4v) is 4.78. The average Bonchev–Trinajstić information content (AvgIpc) is 3.40. The van der Waals surface area contributed by atoms with Crippen molar-refractivity contribution in [2.45, 2.75) is 18.0 Å². The summed E-state index contributed by atoms with van der Waals surface area (Å²) in [5.41, 5.74) is 1.16. The number of fused-ring (bicyclic) bond motifs is 1. The highest BCUT2D eigenvalue weighted by Gasteiger charge is 2.17. The van der Waals surface area contributed by atoms with E-state index < -0.39 is 21.7 Å². The molecule has 0 saturated carbocycles. The van der Waals surface area contributed by atoms with Crippen LogP contribution in [0.3, 0.4) is 0 Å². The summed E-state index contributed by atoms with van der Waals surface area (Å²) >= 11 is 1.44. The van der Waals surface area contributed by atoms with E-state index in [1.54, 1.807) is 24.3 Å². The van der Waals surface area contributed by atoms with E-state index in [0.29, 0.717) is 11.1 Å². The molecule has 0 radical (unpaired) electrons. The molecule has 2 aromatic heterocycles. The Morgan fingerprint density at radius 3 is 2.74 bits per heavy atom. The zero-order valence-electron chi connectivity index (χ0n) is 16.2. The van der Waals surface area contributed by atoms with Crippen LogP contribution in [-0.2, 0) is 27.8 Å². The minimum atomic E-state index is -3.79. The van der Waals surface area contributed by atoms with E-state index in [9.17, 15) is 18.0 Å². The lowest BCUT2D eigenvalue weighted by molar-refractivity contribution is 0.0490. The van der Waals surface area contributed by atoms with Gasteiger partial charge in [-0.15, -0.1) is 11.3 Å². The second kappa shape index (κ2) is 8.88. The molecule has 0 unspecified atom stereocenters. The van der Waals surface area contributed by atoms with Gasteiger partial charge in [0.25, 0.3) is 0 Å². The van der Waals surface area contributed by atoms with Crippen LogP contribution in [0.1, 0.15) is 15.2 Å². The first-order valence-electron chi connectivity index (χ1n) is 9.32. The third kappa shape index (κ3) is 4.76. The molecule has 0 saturated heterocycles. The number of carbonyl (C=O) groups is 1. The first kappa shape index (κ1) is 21.0. The van der Waals surface area contributed by atoms with Crippen LogP contribution in [0, 0.1) is 0 Å². The lowest BCUT2D eigenvalue weighted by atomic mass is 10.2. The second-order valence-electron chi connectivity index (χ2n) is 6.55. The number of rotatable bonds is 8. The Morgan fingerprint density at radius 2 is 1.94 bits per heavy atom. The Hall–Kier alpha value is -3.21. The Labute approximate surface area is 181 Å². The molecule has 2 heterocycles. The van der Waals surface area contributed by atoms with Crippen molar-refractivity contribution >= 4 is 38.4 Å². The quantitative estimate of drug-likeness (QED) is 0.407. The van der Waals surface area contributed by atoms with Gasteiger partial charge in [-0.1, -0.05) is 24.3 Å². The topological polar surface area (TPSA) is 108 Å². The zero-order chi connectivity index (χ0) is 21.8. The van der Waals surface area contributed by atoms with Gasteiger partial charge in [0, 0.05) is 11.4 Å². The number of hydrogen-bond donors (Lipinski definition) is 1. The first-order chi connectivity index (χ1) is 14.9. The summed E-state index contributed by atoms with van der Waals surface area (Å²) < 4.78 is 39.3. The number of carbonyl (C=O) groups excluding carboxylic acids is 1. The summed E-state index contributed by atoms with van der Waals surface area (Å²) in [6.07, 6.45) is 0. The Bertz CT molecular complexity index is 1370. The average molecular weight is 459 g/mol. The van der Waals surface area contributed by atoms with Gasteiger partial charge in [0.15, 0.2) is 5.58 Å². The number of benzene rings is 2. The van der Waals surface area contributed by atoms with E-state index in [1.165, 1.54) is 40.2 Å². The van der Waals surface area contributed by atoms with Gasteiger partial charge in [0.2, 0.25) is 10.0 Å². The molecule has 31 heavy (non-hydrogen) atoms. The van der Waals surface area contributed by atoms with Crippen LogP contribution in [0.5, 0.6) is 0 Å². The highest BCUT2D eigenvalue weighted by molar-refractivity contribution is 7.89. The van der Waals surface area contributed by atoms with Crippen molar-refractivity contribution < 1.29 is 22.4 Å². The Kier molecular flexibility index (Phi) is 6.03. The number of para-hydroxylation sites is 2. The van der Waals surface area contributed by atoms with E-state index in [0.717, 1.165) is 4.88 Å². The molecule has 0 aliphatic heterocycles. The first-order valence-corrected chi connectivity index (χ1v) is 11.7. The number of ether oxygens (including phenoxy) is 1. The van der Waals surface area contributed by atoms with Gasteiger partial charge in [-0.2, -0.15) is 0 Å². The molecule has 0 atom stereocenters. The summed E-state index contributed by atoms with van der Waals surface area (Å²) in [6, 6.07) is 16.2. The molecule has 0 fully saturated rings. The standard InChI is InChI=1S/C21H18N2O6S2/c24-20(28-11-10-23-18-8-1-2-9-19(18)29-21(23)25)15-5-3-7-17(13-15)31(26,27)22-14-16-6-4-12-30-16/h1-9,12-13,22H,10-11,14H2. The van der Waals surface area contributed by atoms with Crippen molar-refractivity contribution in [3.63, 3.8) is 0 Å². The molecule has 0 amide bonds. The number of esters is 1. The third-order valence-electron chi connectivity index (χ3n) is 4.52. The minimum Gasteiger partial charge on any atom is -0.460 e. The highest BCUT2D eigenvalue weighted by Crippen LogP contribution is 2.15. The number of oxazole rings is 1. The SMILES string of the molecule is O=C(OCCn1c(=O)oc2ccccc21)c1cccc(S(=O)(=O)NCc2cccs2)c1. The van der Waals surface area contributed by atoms with Crippen LogP contribution in [-0.4, -0.2) is 25.6 Å². The fourth-order valence-electron chi connectivity index (χ4n) is 2.99. The van der Waals surface area contributed by atoms with Gasteiger partial charge >= 0.3 is 11.7 Å². The number of nitrogens with zero attached hydrogens (tertiary/aromatic N) is 1. The number of sulfonamides is 1. The molecule has 0 aliphatic carbocycles. The molecule has 4 aromatic rings. The van der Waals surface area contributed by atoms with E-state index in [4.69, 9.17) is 9.15 Å². The molecule has 4 rings (SSSR count). The monoisotopic (exact) mass is 458 g/mol. The smallest absolute Gasteiger partial charge is 0.420 e. The summed E-state index contributed by atoms with van der Waals surface area (Å²) in [5, 5.41) is 1.86. The van der Waals surface area contributed by atoms with Crippen molar-refractivity contribution in [1.82, 2.24) is 9.29 Å².